The van der Waals surface area contributed by atoms with Gasteiger partial charge in [0.25, 0.3) is 0 Å². The molecule has 62 heavy (non-hydrogen) atoms. The summed E-state index contributed by atoms with van der Waals surface area (Å²) >= 11 is 0. The van der Waals surface area contributed by atoms with Crippen molar-refractivity contribution in [2.75, 3.05) is 0 Å². The Bertz CT molecular complexity index is 1680. The molecule has 0 aliphatic rings. The molecule has 0 aromatic rings. The van der Waals surface area contributed by atoms with Crippen LogP contribution in [0, 0.1) is 0 Å². The van der Waals surface area contributed by atoms with Crippen molar-refractivity contribution >= 4 is 5.97 Å². The minimum Gasteiger partial charge on any atom is -0.393 e. The van der Waals surface area contributed by atoms with E-state index in [2.05, 4.69) is 11.3 Å². The number of esters is 1. The second-order valence-corrected chi connectivity index (χ2v) is 11.6. The van der Waals surface area contributed by atoms with E-state index in [9.17, 15) is 167 Å². The second kappa shape index (κ2) is 14.6. The van der Waals surface area contributed by atoms with Gasteiger partial charge in [0, 0.05) is 5.57 Å². The van der Waals surface area contributed by atoms with Crippen molar-refractivity contribution in [3.63, 3.8) is 0 Å². The molecule has 0 unspecified atom stereocenters. The molecule has 0 N–H and O–H groups in total. The predicted octanol–water partition coefficient (Wildman–Crippen LogP) is 12.8. The second-order valence-electron chi connectivity index (χ2n) is 11.6. The Balaban J connectivity index is 7.85. The number of carbonyl (C=O) groups is 1. The molecule has 0 aliphatic heterocycles. The molecule has 0 atom stereocenters. The Morgan fingerprint density at radius 3 is 0.597 bits per heavy atom. The zero-order valence-electron chi connectivity index (χ0n) is 27.2. The molecule has 0 radical (unpaired) electrons. The summed E-state index contributed by atoms with van der Waals surface area (Å²) in [4.78, 5) is 11.1. The van der Waals surface area contributed by atoms with E-state index in [1.165, 1.54) is 0 Å². The van der Waals surface area contributed by atoms with Crippen LogP contribution in [0.4, 0.5) is 162 Å². The lowest BCUT2D eigenvalue weighted by Crippen LogP contribution is -2.80. The molecule has 0 aromatic carbocycles. The van der Waals surface area contributed by atoms with Crippen LogP contribution < -0.4 is 0 Å². The summed E-state index contributed by atoms with van der Waals surface area (Å²) in [5.41, 5.74) is -1.61. The van der Waals surface area contributed by atoms with Crippen LogP contribution in [0.1, 0.15) is 13.3 Å². The number of hydrogen-bond donors (Lipinski definition) is 0. The standard InChI is InChI=1S/C23H7F37O2/c1-3-4(2)5(61)62-23(59,60)21(54,55)19(50,51)17(46,47)15(42,43)13(38,39)11(34,35)9(30,31)7(26,27)6(24,25)8(28,29)10(32,33)12(36,37)14(40,41)16(44,45)18(48,49)20(52,53)22(56,57)58/h2-3H2,1H3. The highest BCUT2D eigenvalue weighted by Gasteiger charge is 3.02. The minimum atomic E-state index is -10.5. The number of halogens is 37. The topological polar surface area (TPSA) is 26.3 Å². The van der Waals surface area contributed by atoms with E-state index in [1.807, 2.05) is 0 Å². The van der Waals surface area contributed by atoms with Crippen molar-refractivity contribution in [1.29, 1.82) is 0 Å². The Hall–Kier alpha value is -3.38. The highest BCUT2D eigenvalue weighted by molar-refractivity contribution is 5.87. The largest absolute Gasteiger partial charge is 0.473 e. The molecule has 0 spiro atoms. The van der Waals surface area contributed by atoms with E-state index in [1.54, 1.807) is 0 Å². The smallest absolute Gasteiger partial charge is 0.393 e. The predicted molar refractivity (Wildman–Crippen MR) is 116 cm³/mol. The monoisotopic (exact) mass is 1020 g/mol. The van der Waals surface area contributed by atoms with E-state index in [4.69, 9.17) is 0 Å². The summed E-state index contributed by atoms with van der Waals surface area (Å²) in [6, 6.07) is 0. The Morgan fingerprint density at radius 2 is 0.452 bits per heavy atom. The molecule has 370 valence electrons. The van der Waals surface area contributed by atoms with Gasteiger partial charge in [-0.2, -0.15) is 162 Å². The summed E-state index contributed by atoms with van der Waals surface area (Å²) in [6.07, 6.45) is -17.4. The van der Waals surface area contributed by atoms with Crippen LogP contribution in [0.5, 0.6) is 0 Å². The van der Waals surface area contributed by atoms with Gasteiger partial charge in [0.1, 0.15) is 0 Å². The van der Waals surface area contributed by atoms with Crippen molar-refractivity contribution in [2.45, 2.75) is 120 Å². The van der Waals surface area contributed by atoms with Gasteiger partial charge in [0.15, 0.2) is 0 Å². The third-order valence-electron chi connectivity index (χ3n) is 7.57. The molecule has 0 bridgehead atoms. The van der Waals surface area contributed by atoms with Crippen molar-refractivity contribution in [1.82, 2.24) is 0 Å². The molecule has 2 nitrogen and oxygen atoms in total. The maximum atomic E-state index is 14.0. The lowest BCUT2D eigenvalue weighted by molar-refractivity contribution is -0.495. The number of carbonyl (C=O) groups excluding carboxylic acids is 1. The lowest BCUT2D eigenvalue weighted by atomic mass is 9.82. The number of ether oxygens (including phenoxy) is 1. The summed E-state index contributed by atoms with van der Waals surface area (Å²) in [5.74, 6) is -163. The molecule has 0 aliphatic carbocycles. The molecule has 0 rings (SSSR count). The number of hydrogen-bond acceptors (Lipinski definition) is 2. The van der Waals surface area contributed by atoms with Gasteiger partial charge < -0.3 is 4.74 Å². The highest BCUT2D eigenvalue weighted by Crippen LogP contribution is 2.70. The molecule has 0 fully saturated rings. The van der Waals surface area contributed by atoms with Gasteiger partial charge in [-0.05, 0) is 6.42 Å². The first-order valence-electron chi connectivity index (χ1n) is 13.5. The van der Waals surface area contributed by atoms with Crippen molar-refractivity contribution in [3.05, 3.63) is 12.2 Å². The van der Waals surface area contributed by atoms with Crippen molar-refractivity contribution in [3.8, 4) is 0 Å². The van der Waals surface area contributed by atoms with Gasteiger partial charge >= 0.3 is 113 Å². The fraction of sp³-hybridized carbons (Fsp3) is 0.870. The first-order chi connectivity index (χ1) is 26.1. The van der Waals surface area contributed by atoms with Gasteiger partial charge in [0.2, 0.25) is 0 Å². The molecule has 39 heteroatoms. The Labute approximate surface area is 311 Å². The van der Waals surface area contributed by atoms with Crippen LogP contribution in [-0.2, 0) is 9.53 Å². The van der Waals surface area contributed by atoms with E-state index in [-0.39, 0.29) is 0 Å². The molecule has 0 amide bonds. The quantitative estimate of drug-likeness (QED) is 0.0732. The first kappa shape index (κ1) is 58.6. The molecule has 0 saturated heterocycles. The fourth-order valence-corrected chi connectivity index (χ4v) is 3.52. The maximum absolute atomic E-state index is 14.0. The number of alkyl halides is 37. The van der Waals surface area contributed by atoms with Crippen LogP contribution in [0.3, 0.4) is 0 Å². The number of rotatable bonds is 19. The summed E-state index contributed by atoms with van der Waals surface area (Å²) < 4.78 is 507. The summed E-state index contributed by atoms with van der Waals surface area (Å²) in [5, 5.41) is 0. The van der Waals surface area contributed by atoms with Crippen LogP contribution in [0.2, 0.25) is 0 Å². The maximum Gasteiger partial charge on any atom is 0.473 e. The summed E-state index contributed by atoms with van der Waals surface area (Å²) in [7, 11) is 0. The van der Waals surface area contributed by atoms with Crippen LogP contribution in [0.15, 0.2) is 12.2 Å². The van der Waals surface area contributed by atoms with Crippen LogP contribution >= 0.6 is 0 Å². The van der Waals surface area contributed by atoms with Gasteiger partial charge in [-0.15, -0.1) is 0 Å². The average molecular weight is 1020 g/mol. The van der Waals surface area contributed by atoms with Gasteiger partial charge in [0.05, 0.1) is 0 Å². The minimum absolute atomic E-state index is 0.601. The Morgan fingerprint density at radius 1 is 0.306 bits per heavy atom. The van der Waals surface area contributed by atoms with Crippen LogP contribution in [-0.4, -0.2) is 113 Å². The SMILES string of the molecule is C=C(CC)C(=O)OC(F)(F)C(F)(F)C(F)(F)C(F)(F)C(F)(F)C(F)(F)C(F)(F)C(F)(F)C(F)(F)C(F)(F)C(F)(F)C(F)(F)C(F)(F)C(F)(F)C(F)(F)C(F)(F)C(F)(F)C(F)(F)F. The van der Waals surface area contributed by atoms with Gasteiger partial charge in [-0.3, -0.25) is 0 Å². The van der Waals surface area contributed by atoms with E-state index in [0.29, 0.717) is 6.92 Å². The first-order valence-corrected chi connectivity index (χ1v) is 13.5. The normalized spacial score (nSPS) is 16.7. The fourth-order valence-electron chi connectivity index (χ4n) is 3.52. The Kier molecular flexibility index (Phi) is 13.8. The van der Waals surface area contributed by atoms with E-state index < -0.39 is 125 Å². The van der Waals surface area contributed by atoms with E-state index >= 15 is 0 Å². The lowest BCUT2D eigenvalue weighted by Gasteiger charge is -2.47. The van der Waals surface area contributed by atoms with Gasteiger partial charge in [-0.1, -0.05) is 13.5 Å². The highest BCUT2D eigenvalue weighted by atomic mass is 19.4. The molecular formula is C23H7F37O2. The van der Waals surface area contributed by atoms with Crippen molar-refractivity contribution in [2.24, 2.45) is 0 Å². The molecule has 0 heterocycles. The van der Waals surface area contributed by atoms with Gasteiger partial charge in [-0.25, -0.2) is 4.79 Å². The molecule has 0 aromatic heterocycles. The molecular weight excluding hydrogens is 1010 g/mol. The third kappa shape index (κ3) is 6.79. The van der Waals surface area contributed by atoms with E-state index in [0.717, 1.165) is 0 Å². The van der Waals surface area contributed by atoms with Crippen LogP contribution in [0.25, 0.3) is 0 Å². The zero-order chi connectivity index (χ0) is 51.6. The third-order valence-corrected chi connectivity index (χ3v) is 7.57. The van der Waals surface area contributed by atoms with Crippen molar-refractivity contribution < 1.29 is 172 Å². The summed E-state index contributed by atoms with van der Waals surface area (Å²) in [6.45, 7) is 2.94. The average Bonchev–Trinajstić information content (AvgIpc) is 3.05. The zero-order valence-corrected chi connectivity index (χ0v) is 27.2. The molecule has 0 saturated carbocycles.